The quantitative estimate of drug-likeness (QED) is 0.633. The Morgan fingerprint density at radius 1 is 0.935 bits per heavy atom. The number of carbonyl (C=O) groups excluding carboxylic acids is 3. The Morgan fingerprint density at radius 3 is 2.16 bits per heavy atom. The number of nitrogens with zero attached hydrogens (tertiary/aromatic N) is 1. The SMILES string of the molecule is CCCN1C(=O)C(Nc2ccc(NC(C)=O)cc2)=C(c2ccc(OC)c(OC)c2)C1=O. The molecule has 1 aliphatic rings. The lowest BCUT2D eigenvalue weighted by Crippen LogP contribution is -2.33. The van der Waals surface area contributed by atoms with Gasteiger partial charge in [0.15, 0.2) is 11.5 Å². The highest BCUT2D eigenvalue weighted by Gasteiger charge is 2.39. The Labute approximate surface area is 180 Å². The molecule has 0 saturated heterocycles. The maximum Gasteiger partial charge on any atom is 0.278 e. The molecule has 2 aromatic rings. The fraction of sp³-hybridized carbons (Fsp3) is 0.261. The molecule has 0 aromatic heterocycles. The van der Waals surface area contributed by atoms with Crippen LogP contribution < -0.4 is 20.1 Å². The Hall–Kier alpha value is -3.81. The zero-order valence-corrected chi connectivity index (χ0v) is 17.9. The second-order valence-electron chi connectivity index (χ2n) is 6.97. The lowest BCUT2D eigenvalue weighted by atomic mass is 10.0. The normalized spacial score (nSPS) is 13.5. The van der Waals surface area contributed by atoms with E-state index < -0.39 is 0 Å². The summed E-state index contributed by atoms with van der Waals surface area (Å²) < 4.78 is 10.6. The number of amides is 3. The molecule has 2 aromatic carbocycles. The second kappa shape index (κ2) is 9.34. The maximum absolute atomic E-state index is 13.1. The van der Waals surface area contributed by atoms with E-state index in [0.717, 1.165) is 0 Å². The van der Waals surface area contributed by atoms with Crippen LogP contribution in [0.3, 0.4) is 0 Å². The van der Waals surface area contributed by atoms with Crippen molar-refractivity contribution in [1.82, 2.24) is 4.90 Å². The minimum Gasteiger partial charge on any atom is -0.493 e. The van der Waals surface area contributed by atoms with Gasteiger partial charge in [-0.3, -0.25) is 19.3 Å². The Morgan fingerprint density at radius 2 is 1.58 bits per heavy atom. The van der Waals surface area contributed by atoms with E-state index in [1.165, 1.54) is 26.0 Å². The van der Waals surface area contributed by atoms with Crippen molar-refractivity contribution in [1.29, 1.82) is 0 Å². The summed E-state index contributed by atoms with van der Waals surface area (Å²) in [5.41, 5.74) is 2.26. The van der Waals surface area contributed by atoms with Crippen LogP contribution in [0.5, 0.6) is 11.5 Å². The number of carbonyl (C=O) groups is 3. The minimum atomic E-state index is -0.387. The monoisotopic (exact) mass is 423 g/mol. The third-order valence-corrected chi connectivity index (χ3v) is 4.76. The molecule has 162 valence electrons. The number of nitrogens with one attached hydrogen (secondary N) is 2. The Kier molecular flexibility index (Phi) is 6.59. The standard InChI is InChI=1S/C23H25N3O5/c1-5-12-26-22(28)20(15-6-11-18(30-3)19(13-15)31-4)21(23(26)29)25-17-9-7-16(8-10-17)24-14(2)27/h6-11,13,25H,5,12H2,1-4H3,(H,24,27). The van der Waals surface area contributed by atoms with Crippen LogP contribution in [-0.4, -0.2) is 43.4 Å². The highest BCUT2D eigenvalue weighted by atomic mass is 16.5. The number of methoxy groups -OCH3 is 2. The van der Waals surface area contributed by atoms with E-state index in [-0.39, 0.29) is 29.0 Å². The molecular formula is C23H25N3O5. The van der Waals surface area contributed by atoms with Crippen molar-refractivity contribution in [2.24, 2.45) is 0 Å². The fourth-order valence-electron chi connectivity index (χ4n) is 3.36. The van der Waals surface area contributed by atoms with Crippen molar-refractivity contribution >= 4 is 34.7 Å². The van der Waals surface area contributed by atoms with E-state index in [4.69, 9.17) is 9.47 Å². The summed E-state index contributed by atoms with van der Waals surface area (Å²) in [4.78, 5) is 38.6. The summed E-state index contributed by atoms with van der Waals surface area (Å²) in [5.74, 6) is 0.0581. The van der Waals surface area contributed by atoms with Crippen molar-refractivity contribution in [3.05, 3.63) is 53.7 Å². The fourth-order valence-corrected chi connectivity index (χ4v) is 3.36. The molecule has 8 nitrogen and oxygen atoms in total. The van der Waals surface area contributed by atoms with E-state index in [2.05, 4.69) is 10.6 Å². The van der Waals surface area contributed by atoms with Gasteiger partial charge in [0.2, 0.25) is 5.91 Å². The lowest BCUT2D eigenvalue weighted by Gasteiger charge is -2.14. The molecule has 0 spiro atoms. The van der Waals surface area contributed by atoms with Gasteiger partial charge in [-0.25, -0.2) is 0 Å². The van der Waals surface area contributed by atoms with Gasteiger partial charge in [0.05, 0.1) is 19.8 Å². The van der Waals surface area contributed by atoms with Gasteiger partial charge in [-0.2, -0.15) is 0 Å². The molecule has 0 radical (unpaired) electrons. The molecule has 0 bridgehead atoms. The molecule has 1 aliphatic heterocycles. The van der Waals surface area contributed by atoms with Gasteiger partial charge >= 0.3 is 0 Å². The van der Waals surface area contributed by atoms with Gasteiger partial charge in [-0.1, -0.05) is 13.0 Å². The Balaban J connectivity index is 2.03. The zero-order chi connectivity index (χ0) is 22.5. The average Bonchev–Trinajstić information content (AvgIpc) is 2.98. The van der Waals surface area contributed by atoms with Crippen LogP contribution >= 0.6 is 0 Å². The maximum atomic E-state index is 13.1. The topological polar surface area (TPSA) is 97.0 Å². The van der Waals surface area contributed by atoms with Gasteiger partial charge in [0.25, 0.3) is 11.8 Å². The highest BCUT2D eigenvalue weighted by molar-refractivity contribution is 6.36. The van der Waals surface area contributed by atoms with Crippen LogP contribution in [0.25, 0.3) is 5.57 Å². The molecular weight excluding hydrogens is 398 g/mol. The summed E-state index contributed by atoms with van der Waals surface area (Å²) in [6, 6.07) is 12.0. The third kappa shape index (κ3) is 4.53. The molecule has 3 rings (SSSR count). The first-order valence-electron chi connectivity index (χ1n) is 9.87. The number of hydrogen-bond acceptors (Lipinski definition) is 6. The molecule has 0 unspecified atom stereocenters. The lowest BCUT2D eigenvalue weighted by molar-refractivity contribution is -0.136. The van der Waals surface area contributed by atoms with Gasteiger partial charge in [0.1, 0.15) is 5.70 Å². The van der Waals surface area contributed by atoms with E-state index >= 15 is 0 Å². The number of hydrogen-bond donors (Lipinski definition) is 2. The average molecular weight is 423 g/mol. The summed E-state index contributed by atoms with van der Waals surface area (Å²) in [6.45, 7) is 3.65. The van der Waals surface area contributed by atoms with Gasteiger partial charge < -0.3 is 20.1 Å². The van der Waals surface area contributed by atoms with Crippen molar-refractivity contribution in [3.8, 4) is 11.5 Å². The van der Waals surface area contributed by atoms with Crippen molar-refractivity contribution in [3.63, 3.8) is 0 Å². The highest BCUT2D eigenvalue weighted by Crippen LogP contribution is 2.35. The zero-order valence-electron chi connectivity index (χ0n) is 17.9. The molecule has 0 atom stereocenters. The molecule has 1 heterocycles. The van der Waals surface area contributed by atoms with Crippen LogP contribution in [0, 0.1) is 0 Å². The summed E-state index contributed by atoms with van der Waals surface area (Å²) >= 11 is 0. The van der Waals surface area contributed by atoms with E-state index in [0.29, 0.717) is 41.4 Å². The number of anilines is 2. The first-order chi connectivity index (χ1) is 14.9. The van der Waals surface area contributed by atoms with Crippen LogP contribution in [0.15, 0.2) is 48.2 Å². The van der Waals surface area contributed by atoms with E-state index in [9.17, 15) is 14.4 Å². The van der Waals surface area contributed by atoms with Gasteiger partial charge in [-0.05, 0) is 48.4 Å². The Bertz CT molecular complexity index is 1040. The molecule has 31 heavy (non-hydrogen) atoms. The van der Waals surface area contributed by atoms with Crippen molar-refractivity contribution in [2.75, 3.05) is 31.4 Å². The first kappa shape index (κ1) is 21.9. The number of benzene rings is 2. The number of rotatable bonds is 8. The van der Waals surface area contributed by atoms with E-state index in [1.54, 1.807) is 42.5 Å². The van der Waals surface area contributed by atoms with Crippen LogP contribution in [0.4, 0.5) is 11.4 Å². The minimum absolute atomic E-state index is 0.175. The number of ether oxygens (including phenoxy) is 2. The molecule has 0 saturated carbocycles. The van der Waals surface area contributed by atoms with Crippen LogP contribution in [0.1, 0.15) is 25.8 Å². The molecule has 0 aliphatic carbocycles. The first-order valence-corrected chi connectivity index (χ1v) is 9.87. The molecule has 8 heteroatoms. The molecule has 0 fully saturated rings. The summed E-state index contributed by atoms with van der Waals surface area (Å²) in [6.07, 6.45) is 0.648. The summed E-state index contributed by atoms with van der Waals surface area (Å²) in [7, 11) is 3.04. The molecule has 2 N–H and O–H groups in total. The predicted molar refractivity (Wildman–Crippen MR) is 118 cm³/mol. The van der Waals surface area contributed by atoms with Gasteiger partial charge in [-0.15, -0.1) is 0 Å². The third-order valence-electron chi connectivity index (χ3n) is 4.76. The predicted octanol–water partition coefficient (Wildman–Crippen LogP) is 3.26. The van der Waals surface area contributed by atoms with Gasteiger partial charge in [0, 0.05) is 24.8 Å². The second-order valence-corrected chi connectivity index (χ2v) is 6.97. The largest absolute Gasteiger partial charge is 0.493 e. The van der Waals surface area contributed by atoms with Crippen LogP contribution in [0.2, 0.25) is 0 Å². The smallest absolute Gasteiger partial charge is 0.278 e. The van der Waals surface area contributed by atoms with E-state index in [1.807, 2.05) is 6.92 Å². The number of imide groups is 1. The molecule has 3 amide bonds. The van der Waals surface area contributed by atoms with Crippen molar-refractivity contribution in [2.45, 2.75) is 20.3 Å². The summed E-state index contributed by atoms with van der Waals surface area (Å²) in [5, 5.41) is 5.78. The van der Waals surface area contributed by atoms with Crippen LogP contribution in [-0.2, 0) is 14.4 Å². The van der Waals surface area contributed by atoms with Crippen molar-refractivity contribution < 1.29 is 23.9 Å².